The van der Waals surface area contributed by atoms with E-state index in [1.54, 1.807) is 43.1 Å². The number of aromatic nitrogens is 4. The fourth-order valence-corrected chi connectivity index (χ4v) is 4.52. The quantitative estimate of drug-likeness (QED) is 0.431. The minimum absolute atomic E-state index is 0.0406. The SMILES string of the molecule is CCCN(CCO)c1nc(-c2ccc(N)nc2)nc2cc(-c3cnccc3OC)sc12. The van der Waals surface area contributed by atoms with E-state index in [0.29, 0.717) is 18.2 Å². The molecule has 0 aliphatic carbocycles. The maximum Gasteiger partial charge on any atom is 0.163 e. The first kappa shape index (κ1) is 21.0. The third-order valence-electron chi connectivity index (χ3n) is 4.83. The van der Waals surface area contributed by atoms with Crippen LogP contribution in [0.15, 0.2) is 42.9 Å². The summed E-state index contributed by atoms with van der Waals surface area (Å²) >= 11 is 1.59. The van der Waals surface area contributed by atoms with Crippen LogP contribution in [0.25, 0.3) is 32.0 Å². The predicted octanol–water partition coefficient (Wildman–Crippen LogP) is 3.61. The number of hydrogen-bond donors (Lipinski definition) is 2. The van der Waals surface area contributed by atoms with Gasteiger partial charge in [-0.3, -0.25) is 4.98 Å². The number of thiophene rings is 1. The number of rotatable bonds is 8. The van der Waals surface area contributed by atoms with Crippen LogP contribution in [0, 0.1) is 0 Å². The fraction of sp³-hybridized carbons (Fsp3) is 0.273. The lowest BCUT2D eigenvalue weighted by atomic mass is 10.2. The molecule has 160 valence electrons. The van der Waals surface area contributed by atoms with Crippen molar-refractivity contribution in [3.05, 3.63) is 42.9 Å². The maximum atomic E-state index is 9.63. The second-order valence-corrected chi connectivity index (χ2v) is 8.01. The summed E-state index contributed by atoms with van der Waals surface area (Å²) in [7, 11) is 1.65. The standard InChI is InChI=1S/C22H24N6O2S/c1-3-8-28(9-10-29)22-20-16(26-21(27-22)14-4-5-19(23)25-12-14)11-18(31-20)15-13-24-7-6-17(15)30-2/h4-7,11-13,29H,3,8-10H2,1-2H3,(H2,23,25). The van der Waals surface area contributed by atoms with Gasteiger partial charge in [-0.05, 0) is 30.7 Å². The van der Waals surface area contributed by atoms with Crippen molar-refractivity contribution in [2.45, 2.75) is 13.3 Å². The molecule has 0 saturated carbocycles. The molecule has 0 unspecified atom stereocenters. The molecule has 0 spiro atoms. The molecule has 3 N–H and O–H groups in total. The maximum absolute atomic E-state index is 9.63. The summed E-state index contributed by atoms with van der Waals surface area (Å²) in [5, 5.41) is 9.63. The minimum Gasteiger partial charge on any atom is -0.496 e. The molecule has 4 rings (SSSR count). The Balaban J connectivity index is 1.92. The number of nitrogens with two attached hydrogens (primary N) is 1. The Hall–Kier alpha value is -3.30. The summed E-state index contributed by atoms with van der Waals surface area (Å²) in [6, 6.07) is 7.47. The molecule has 0 bridgehead atoms. The molecule has 0 aromatic carbocycles. The average molecular weight is 437 g/mol. The highest BCUT2D eigenvalue weighted by atomic mass is 32.1. The zero-order chi connectivity index (χ0) is 21.8. The van der Waals surface area contributed by atoms with Gasteiger partial charge in [-0.1, -0.05) is 6.92 Å². The Morgan fingerprint density at radius 3 is 2.74 bits per heavy atom. The van der Waals surface area contributed by atoms with E-state index in [0.717, 1.165) is 50.8 Å². The van der Waals surface area contributed by atoms with E-state index in [2.05, 4.69) is 21.8 Å². The van der Waals surface area contributed by atoms with Crippen LogP contribution in [0.1, 0.15) is 13.3 Å². The highest BCUT2D eigenvalue weighted by Crippen LogP contribution is 2.41. The third-order valence-corrected chi connectivity index (χ3v) is 5.98. The number of hydrogen-bond acceptors (Lipinski definition) is 9. The molecule has 0 fully saturated rings. The van der Waals surface area contributed by atoms with Gasteiger partial charge in [0.15, 0.2) is 11.6 Å². The number of pyridine rings is 2. The zero-order valence-corrected chi connectivity index (χ0v) is 18.3. The van der Waals surface area contributed by atoms with Gasteiger partial charge in [0.1, 0.15) is 11.6 Å². The van der Waals surface area contributed by atoms with Crippen molar-refractivity contribution in [2.75, 3.05) is 37.4 Å². The number of ether oxygens (including phenoxy) is 1. The number of fused-ring (bicyclic) bond motifs is 1. The lowest BCUT2D eigenvalue weighted by Crippen LogP contribution is -2.28. The van der Waals surface area contributed by atoms with E-state index in [1.165, 1.54) is 0 Å². The molecule has 9 heteroatoms. The lowest BCUT2D eigenvalue weighted by Gasteiger charge is -2.23. The van der Waals surface area contributed by atoms with Crippen LogP contribution in [0.5, 0.6) is 5.75 Å². The Labute approximate surface area is 184 Å². The number of anilines is 2. The molecule has 31 heavy (non-hydrogen) atoms. The molecule has 4 heterocycles. The van der Waals surface area contributed by atoms with Crippen molar-refractivity contribution in [1.82, 2.24) is 19.9 Å². The summed E-state index contributed by atoms with van der Waals surface area (Å²) in [5.41, 5.74) is 8.25. The summed E-state index contributed by atoms with van der Waals surface area (Å²) in [4.78, 5) is 21.2. The van der Waals surface area contributed by atoms with Gasteiger partial charge in [-0.25, -0.2) is 15.0 Å². The van der Waals surface area contributed by atoms with Crippen LogP contribution in [-0.4, -0.2) is 51.8 Å². The molecule has 0 radical (unpaired) electrons. The monoisotopic (exact) mass is 436 g/mol. The van der Waals surface area contributed by atoms with Gasteiger partial charge in [0, 0.05) is 42.1 Å². The summed E-state index contributed by atoms with van der Waals surface area (Å²) in [6.45, 7) is 3.41. The summed E-state index contributed by atoms with van der Waals surface area (Å²) < 4.78 is 6.48. The molecule has 0 amide bonds. The summed E-state index contributed by atoms with van der Waals surface area (Å²) in [5.74, 6) is 2.56. The molecular weight excluding hydrogens is 412 g/mol. The van der Waals surface area contributed by atoms with Crippen LogP contribution < -0.4 is 15.4 Å². The number of nitrogens with zero attached hydrogens (tertiary/aromatic N) is 5. The van der Waals surface area contributed by atoms with Gasteiger partial charge in [-0.2, -0.15) is 0 Å². The second-order valence-electron chi connectivity index (χ2n) is 6.95. The molecule has 4 aromatic heterocycles. The van der Waals surface area contributed by atoms with Gasteiger partial charge in [-0.15, -0.1) is 11.3 Å². The van der Waals surface area contributed by atoms with Crippen LogP contribution in [0.2, 0.25) is 0 Å². The minimum atomic E-state index is 0.0406. The molecule has 8 nitrogen and oxygen atoms in total. The molecule has 0 aliphatic heterocycles. The Morgan fingerprint density at radius 2 is 2.03 bits per heavy atom. The van der Waals surface area contributed by atoms with Gasteiger partial charge < -0.3 is 20.5 Å². The fourth-order valence-electron chi connectivity index (χ4n) is 3.39. The molecule has 0 aliphatic rings. The number of methoxy groups -OCH3 is 1. The highest BCUT2D eigenvalue weighted by Gasteiger charge is 2.19. The van der Waals surface area contributed by atoms with Crippen molar-refractivity contribution < 1.29 is 9.84 Å². The van der Waals surface area contributed by atoms with E-state index >= 15 is 0 Å². The average Bonchev–Trinajstić information content (AvgIpc) is 3.23. The number of aliphatic hydroxyl groups excluding tert-OH is 1. The van der Waals surface area contributed by atoms with E-state index in [1.807, 2.05) is 18.2 Å². The van der Waals surface area contributed by atoms with Crippen molar-refractivity contribution in [3.8, 4) is 27.6 Å². The van der Waals surface area contributed by atoms with E-state index < -0.39 is 0 Å². The van der Waals surface area contributed by atoms with Gasteiger partial charge in [0.25, 0.3) is 0 Å². The second kappa shape index (κ2) is 9.23. The Bertz CT molecular complexity index is 1170. The molecule has 0 saturated heterocycles. The largest absolute Gasteiger partial charge is 0.496 e. The number of nitrogen functional groups attached to an aromatic ring is 1. The normalized spacial score (nSPS) is 11.1. The van der Waals surface area contributed by atoms with Crippen LogP contribution in [0.3, 0.4) is 0 Å². The van der Waals surface area contributed by atoms with Crippen LogP contribution in [-0.2, 0) is 0 Å². The van der Waals surface area contributed by atoms with Crippen molar-refractivity contribution in [2.24, 2.45) is 0 Å². The molecular formula is C22H24N6O2S. The van der Waals surface area contributed by atoms with Crippen molar-refractivity contribution in [1.29, 1.82) is 0 Å². The molecule has 0 atom stereocenters. The van der Waals surface area contributed by atoms with Crippen LogP contribution >= 0.6 is 11.3 Å². The topological polar surface area (TPSA) is 110 Å². The summed E-state index contributed by atoms with van der Waals surface area (Å²) in [6.07, 6.45) is 6.10. The first-order valence-electron chi connectivity index (χ1n) is 10.0. The molecule has 4 aromatic rings. The number of aliphatic hydroxyl groups is 1. The Kier molecular flexibility index (Phi) is 6.24. The lowest BCUT2D eigenvalue weighted by molar-refractivity contribution is 0.301. The highest BCUT2D eigenvalue weighted by molar-refractivity contribution is 7.22. The predicted molar refractivity (Wildman–Crippen MR) is 124 cm³/mol. The van der Waals surface area contributed by atoms with E-state index in [-0.39, 0.29) is 6.61 Å². The van der Waals surface area contributed by atoms with Gasteiger partial charge in [0.05, 0.1) is 29.5 Å². The van der Waals surface area contributed by atoms with Crippen LogP contribution in [0.4, 0.5) is 11.6 Å². The third kappa shape index (κ3) is 4.28. The van der Waals surface area contributed by atoms with Gasteiger partial charge >= 0.3 is 0 Å². The first-order chi connectivity index (χ1) is 15.1. The van der Waals surface area contributed by atoms with Gasteiger partial charge in [0.2, 0.25) is 0 Å². The Morgan fingerprint density at radius 1 is 1.16 bits per heavy atom. The smallest absolute Gasteiger partial charge is 0.163 e. The first-order valence-corrected chi connectivity index (χ1v) is 10.8. The van der Waals surface area contributed by atoms with Crippen molar-refractivity contribution in [3.63, 3.8) is 0 Å². The van der Waals surface area contributed by atoms with E-state index in [4.69, 9.17) is 20.4 Å². The zero-order valence-electron chi connectivity index (χ0n) is 17.4. The van der Waals surface area contributed by atoms with Crippen molar-refractivity contribution >= 4 is 33.2 Å². The van der Waals surface area contributed by atoms with E-state index in [9.17, 15) is 5.11 Å².